The largest absolute Gasteiger partial charge is 0.370 e. The number of rotatable bonds is 2. The Labute approximate surface area is 69.2 Å². The quantitative estimate of drug-likeness (QED) is 0.473. The van der Waals surface area contributed by atoms with Crippen molar-refractivity contribution < 1.29 is 9.13 Å². The van der Waals surface area contributed by atoms with Gasteiger partial charge >= 0.3 is 5.03 Å². The summed E-state index contributed by atoms with van der Waals surface area (Å²) in [6.45, 7) is 0. The average molecular weight is 192 g/mol. The highest BCUT2D eigenvalue weighted by Crippen LogP contribution is 2.24. The van der Waals surface area contributed by atoms with E-state index < -0.39 is 15.7 Å². The molecule has 0 spiro atoms. The van der Waals surface area contributed by atoms with E-state index in [0.717, 1.165) is 17.3 Å². The first kappa shape index (κ1) is 8.41. The monoisotopic (exact) mass is 192 g/mol. The molecule has 0 radical (unpaired) electrons. The third kappa shape index (κ3) is 1.48. The minimum atomic E-state index is -1.65. The van der Waals surface area contributed by atoms with Crippen LogP contribution >= 0.6 is 11.8 Å². The Kier molecular flexibility index (Phi) is 2.40. The lowest BCUT2D eigenvalue weighted by atomic mass is 10.9. The molecule has 0 amide bonds. The molecule has 11 heavy (non-hydrogen) atoms. The van der Waals surface area contributed by atoms with Gasteiger partial charge in [-0.1, -0.05) is 0 Å². The molecule has 0 saturated heterocycles. The number of aliphatic imine (C=N–C) groups is 1. The van der Waals surface area contributed by atoms with E-state index in [1.807, 2.05) is 0 Å². The van der Waals surface area contributed by atoms with E-state index in [0.29, 0.717) is 0 Å². The van der Waals surface area contributed by atoms with Gasteiger partial charge in [0.05, 0.1) is 4.92 Å². The minimum Gasteiger partial charge on any atom is -0.258 e. The summed E-state index contributed by atoms with van der Waals surface area (Å²) in [5.74, 6) is 0. The van der Waals surface area contributed by atoms with Gasteiger partial charge in [0.25, 0.3) is 0 Å². The number of nitro groups is 1. The summed E-state index contributed by atoms with van der Waals surface area (Å²) in [6, 6.07) is 0. The van der Waals surface area contributed by atoms with Crippen molar-refractivity contribution in [1.29, 1.82) is 0 Å². The van der Waals surface area contributed by atoms with E-state index >= 15 is 0 Å². The lowest BCUT2D eigenvalue weighted by molar-refractivity contribution is -0.411. The number of thioether (sulfide) groups is 1. The second-order valence-electron chi connectivity index (χ2n) is 1.60. The van der Waals surface area contributed by atoms with E-state index in [1.165, 1.54) is 0 Å². The van der Waals surface area contributed by atoms with Gasteiger partial charge in [-0.05, 0) is 6.26 Å². The molecule has 0 aliphatic carbocycles. The molecule has 0 fully saturated rings. The number of hydrogen-bond donors (Lipinski definition) is 0. The van der Waals surface area contributed by atoms with Crippen molar-refractivity contribution in [3.8, 4) is 0 Å². The van der Waals surface area contributed by atoms with Crippen molar-refractivity contribution >= 4 is 28.1 Å². The molecule has 1 atom stereocenters. The molecule has 5 nitrogen and oxygen atoms in total. The highest BCUT2D eigenvalue weighted by molar-refractivity contribution is 8.06. The Hall–Kier alpha value is -0.690. The highest BCUT2D eigenvalue weighted by Gasteiger charge is 2.28. The fourth-order valence-corrected chi connectivity index (χ4v) is 2.22. The van der Waals surface area contributed by atoms with Gasteiger partial charge in [-0.25, -0.2) is 9.20 Å². The van der Waals surface area contributed by atoms with Crippen LogP contribution in [0.2, 0.25) is 0 Å². The lowest BCUT2D eigenvalue weighted by Gasteiger charge is -1.89. The zero-order valence-electron chi connectivity index (χ0n) is 5.51. The summed E-state index contributed by atoms with van der Waals surface area (Å²) < 4.78 is 10.8. The van der Waals surface area contributed by atoms with Crippen LogP contribution in [0.3, 0.4) is 0 Å². The normalized spacial score (nSPS) is 22.8. The van der Waals surface area contributed by atoms with Gasteiger partial charge in [0.2, 0.25) is 0 Å². The van der Waals surface area contributed by atoms with Crippen LogP contribution in [0, 0.1) is 10.1 Å². The second-order valence-corrected chi connectivity index (χ2v) is 3.59. The first-order chi connectivity index (χ1) is 5.16. The van der Waals surface area contributed by atoms with Crippen molar-refractivity contribution in [2.24, 2.45) is 4.99 Å². The van der Waals surface area contributed by atoms with Crippen LogP contribution < -0.4 is 0 Å². The van der Waals surface area contributed by atoms with Crippen molar-refractivity contribution in [1.82, 2.24) is 0 Å². The molecule has 1 aliphatic rings. The Balaban J connectivity index is 3.07. The molecule has 7 heteroatoms. The van der Waals surface area contributed by atoms with Crippen molar-refractivity contribution in [2.45, 2.75) is 0 Å². The molecule has 1 heterocycles. The molecule has 0 aromatic rings. The fraction of sp³-hybridized carbons (Fsp3) is 0.250. The van der Waals surface area contributed by atoms with E-state index in [4.69, 9.17) is 0 Å². The maximum atomic E-state index is 10.8. The predicted octanol–water partition coefficient (Wildman–Crippen LogP) is 0.543. The van der Waals surface area contributed by atoms with E-state index in [-0.39, 0.29) is 10.1 Å². The summed E-state index contributed by atoms with van der Waals surface area (Å²) in [6.07, 6.45) is 1.65. The summed E-state index contributed by atoms with van der Waals surface area (Å²) in [5.41, 5.74) is 1.07. The zero-order chi connectivity index (χ0) is 8.43. The van der Waals surface area contributed by atoms with Crippen molar-refractivity contribution in [2.75, 3.05) is 6.26 Å². The Bertz CT molecular complexity index is 283. The number of hydrogen-bond acceptors (Lipinski definition) is 5. The van der Waals surface area contributed by atoms with Gasteiger partial charge in [0.15, 0.2) is 15.8 Å². The summed E-state index contributed by atoms with van der Waals surface area (Å²) in [4.78, 5) is 13.2. The predicted molar refractivity (Wildman–Crippen MR) is 44.2 cm³/mol. The van der Waals surface area contributed by atoms with Crippen LogP contribution in [0.5, 0.6) is 0 Å². The molecule has 1 unspecified atom stereocenters. The SMILES string of the molecule is CSC1=C([N+](=O)[O-])S(=O)C=N1. The Morgan fingerprint density at radius 2 is 2.45 bits per heavy atom. The van der Waals surface area contributed by atoms with Crippen LogP contribution in [-0.2, 0) is 10.8 Å². The van der Waals surface area contributed by atoms with Crippen LogP contribution in [-0.4, -0.2) is 20.9 Å². The molecular formula is C4H4N2O3S2. The van der Waals surface area contributed by atoms with Gasteiger partial charge in [0, 0.05) is 0 Å². The molecule has 0 bridgehead atoms. The van der Waals surface area contributed by atoms with E-state index in [2.05, 4.69) is 4.99 Å². The smallest absolute Gasteiger partial charge is 0.258 e. The third-order valence-electron chi connectivity index (χ3n) is 0.998. The zero-order valence-corrected chi connectivity index (χ0v) is 7.15. The summed E-state index contributed by atoms with van der Waals surface area (Å²) >= 11 is 1.12. The van der Waals surface area contributed by atoms with Crippen molar-refractivity contribution in [3.05, 3.63) is 20.2 Å². The average Bonchev–Trinajstić information content (AvgIpc) is 2.30. The summed E-state index contributed by atoms with van der Waals surface area (Å²) in [7, 11) is -1.65. The molecule has 0 saturated carbocycles. The molecule has 60 valence electrons. The highest BCUT2D eigenvalue weighted by atomic mass is 32.2. The van der Waals surface area contributed by atoms with Gasteiger partial charge < -0.3 is 0 Å². The maximum absolute atomic E-state index is 10.8. The van der Waals surface area contributed by atoms with Crippen LogP contribution in [0.15, 0.2) is 15.1 Å². The van der Waals surface area contributed by atoms with Crippen LogP contribution in [0.4, 0.5) is 0 Å². The van der Waals surface area contributed by atoms with Crippen LogP contribution in [0.1, 0.15) is 0 Å². The molecule has 1 rings (SSSR count). The topological polar surface area (TPSA) is 72.6 Å². The van der Waals surface area contributed by atoms with Gasteiger partial charge in [-0.2, -0.15) is 0 Å². The van der Waals surface area contributed by atoms with Crippen LogP contribution in [0.25, 0.3) is 0 Å². The third-order valence-corrected chi connectivity index (χ3v) is 2.83. The fourth-order valence-electron chi connectivity index (χ4n) is 0.579. The van der Waals surface area contributed by atoms with Gasteiger partial charge in [-0.3, -0.25) is 10.1 Å². The van der Waals surface area contributed by atoms with E-state index in [1.54, 1.807) is 6.26 Å². The number of nitrogens with zero attached hydrogens (tertiary/aromatic N) is 2. The lowest BCUT2D eigenvalue weighted by Crippen LogP contribution is -2.03. The van der Waals surface area contributed by atoms with E-state index in [9.17, 15) is 14.3 Å². The molecule has 0 N–H and O–H groups in total. The Morgan fingerprint density at radius 1 is 1.82 bits per heavy atom. The maximum Gasteiger partial charge on any atom is 0.370 e. The second kappa shape index (κ2) is 3.14. The first-order valence-corrected chi connectivity index (χ1v) is 4.98. The van der Waals surface area contributed by atoms with Crippen molar-refractivity contribution in [3.63, 3.8) is 0 Å². The standard InChI is InChI=1S/C4H4N2O3S2/c1-10-3-4(6(7)8)11(9)2-5-3/h2H,1H3. The van der Waals surface area contributed by atoms with Gasteiger partial charge in [-0.15, -0.1) is 11.8 Å². The first-order valence-electron chi connectivity index (χ1n) is 2.54. The summed E-state index contributed by atoms with van der Waals surface area (Å²) in [5, 5.41) is 10.2. The molecular weight excluding hydrogens is 188 g/mol. The molecule has 1 aliphatic heterocycles. The van der Waals surface area contributed by atoms with Gasteiger partial charge in [0.1, 0.15) is 5.55 Å². The Morgan fingerprint density at radius 3 is 2.82 bits per heavy atom. The molecule has 0 aromatic heterocycles. The molecule has 0 aromatic carbocycles. The minimum absolute atomic E-state index is 0.230.